The molecule has 0 radical (unpaired) electrons. The molecule has 0 aromatic rings. The monoisotopic (exact) mass is 484 g/mol. The first kappa shape index (κ1) is 32.8. The minimum Gasteiger partial charge on any atom is -0.590 e. The molecule has 0 spiro atoms. The molecule has 0 saturated carbocycles. The molecule has 0 N–H and O–H groups in total. The van der Waals surface area contributed by atoms with Gasteiger partial charge in [-0.1, -0.05) is 114 Å². The van der Waals surface area contributed by atoms with E-state index in [9.17, 15) is 9.46 Å². The Balaban J connectivity index is 3.58. The van der Waals surface area contributed by atoms with Crippen LogP contribution in [0.15, 0.2) is 12.2 Å². The summed E-state index contributed by atoms with van der Waals surface area (Å²) in [4.78, 5) is 12.1. The van der Waals surface area contributed by atoms with Gasteiger partial charge in [0.1, 0.15) is 0 Å². The van der Waals surface area contributed by atoms with Gasteiger partial charge in [-0.25, -0.2) is 0 Å². The fourth-order valence-electron chi connectivity index (χ4n) is 4.99. The summed E-state index contributed by atoms with van der Waals surface area (Å²) >= 11 is 0. The number of hydrogen-bond donors (Lipinski definition) is 0. The molecule has 0 aliphatic carbocycles. The van der Waals surface area contributed by atoms with Crippen molar-refractivity contribution in [2.24, 2.45) is 0 Å². The third-order valence-electron chi connectivity index (χ3n) is 7.33. The van der Waals surface area contributed by atoms with E-state index in [0.29, 0.717) is 4.48 Å². The van der Waals surface area contributed by atoms with Crippen LogP contribution in [0.25, 0.3) is 0 Å². The Hall–Kier alpha value is -0.240. The van der Waals surface area contributed by atoms with Crippen molar-refractivity contribution in [2.75, 3.05) is 21.1 Å². The Morgan fingerprint density at radius 1 is 0.606 bits per heavy atom. The second-order valence-corrected chi connectivity index (χ2v) is 12.5. The predicted octanol–water partition coefficient (Wildman–Crippen LogP) is 9.28. The van der Waals surface area contributed by atoms with Crippen LogP contribution in [0.2, 0.25) is 0 Å². The van der Waals surface area contributed by atoms with Crippen molar-refractivity contribution in [3.8, 4) is 0 Å². The third-order valence-corrected chi connectivity index (χ3v) is 9.05. The molecule has 0 aliphatic heterocycles. The van der Waals surface area contributed by atoms with Gasteiger partial charge in [0.2, 0.25) is 0 Å². The second kappa shape index (κ2) is 21.1. The lowest BCUT2D eigenvalue weighted by molar-refractivity contribution is -0.910. The van der Waals surface area contributed by atoms with E-state index in [0.717, 1.165) is 25.7 Å². The highest BCUT2D eigenvalue weighted by atomic mass is 31.1. The van der Waals surface area contributed by atoms with Crippen LogP contribution in [0.4, 0.5) is 0 Å². The quantitative estimate of drug-likeness (QED) is 0.0592. The molecule has 0 bridgehead atoms. The minimum absolute atomic E-state index is 0.523. The highest BCUT2D eigenvalue weighted by molar-refractivity contribution is 7.38. The van der Waals surface area contributed by atoms with Gasteiger partial charge in [-0.15, -0.1) is 0 Å². The molecule has 0 aliphatic rings. The number of allylic oxidation sites excluding steroid dienone is 2. The Morgan fingerprint density at radius 2 is 1.00 bits per heavy atom. The summed E-state index contributed by atoms with van der Waals surface area (Å²) in [5.74, 6) is 0. The Kier molecular flexibility index (Phi) is 20.9. The van der Waals surface area contributed by atoms with Gasteiger partial charge in [0.15, 0.2) is 0 Å². The van der Waals surface area contributed by atoms with Crippen LogP contribution < -0.4 is 4.89 Å². The first-order chi connectivity index (χ1) is 15.8. The van der Waals surface area contributed by atoms with Gasteiger partial charge in [-0.05, 0) is 38.5 Å². The molecule has 33 heavy (non-hydrogen) atoms. The lowest BCUT2D eigenvalue weighted by atomic mass is 9.99. The number of rotatable bonds is 24. The molecule has 0 amide bonds. The Morgan fingerprint density at radius 3 is 1.36 bits per heavy atom. The topological polar surface area (TPSA) is 40.1 Å². The first-order valence-corrected chi connectivity index (χ1v) is 15.6. The average molecular weight is 485 g/mol. The van der Waals surface area contributed by atoms with E-state index in [4.69, 9.17) is 0 Å². The number of quaternary nitrogens is 1. The average Bonchev–Trinajstić information content (AvgIpc) is 2.76. The lowest BCUT2D eigenvalue weighted by Crippen LogP contribution is -2.55. The number of unbranched alkanes of at least 4 members (excludes halogenated alkanes) is 16. The SMILES string of the molecule is CCCCCC/C=C\CCCCCCCCCCCCCCC(CCC)([P+](=O)[O-])[N+](C)(C)C. The molecule has 0 heterocycles. The molecule has 0 saturated heterocycles. The first-order valence-electron chi connectivity index (χ1n) is 14.4. The van der Waals surface area contributed by atoms with Crippen LogP contribution in [-0.4, -0.2) is 30.9 Å². The van der Waals surface area contributed by atoms with Crippen LogP contribution in [0, 0.1) is 0 Å². The Labute approximate surface area is 209 Å². The van der Waals surface area contributed by atoms with E-state index in [1.807, 2.05) is 21.1 Å². The van der Waals surface area contributed by atoms with Crippen molar-refractivity contribution < 1.29 is 13.9 Å². The molecule has 0 rings (SSSR count). The van der Waals surface area contributed by atoms with Gasteiger partial charge >= 0.3 is 8.03 Å². The fraction of sp³-hybridized carbons (Fsp3) is 0.931. The standard InChI is InChI=1S/C29H59NO2P/c1-6-8-9-10-11-12-13-14-15-16-17-18-19-20-21-22-23-24-25-26-28-29(27-7-2,33(31)32)30(3,4)5/h12-13H,6-11,14-28H2,1-5H3/q+1/b13-12-. The van der Waals surface area contributed by atoms with Crippen LogP contribution in [0.3, 0.4) is 0 Å². The number of nitrogens with zero attached hydrogens (tertiary/aromatic N) is 1. The molecule has 0 aromatic heterocycles. The van der Waals surface area contributed by atoms with Gasteiger partial charge in [0.25, 0.3) is 5.28 Å². The molecule has 196 valence electrons. The summed E-state index contributed by atoms with van der Waals surface area (Å²) in [7, 11) is 3.69. The smallest absolute Gasteiger partial charge is 0.376 e. The van der Waals surface area contributed by atoms with Crippen LogP contribution in [0.1, 0.15) is 149 Å². The van der Waals surface area contributed by atoms with E-state index < -0.39 is 13.3 Å². The van der Waals surface area contributed by atoms with Gasteiger partial charge in [0, 0.05) is 12.8 Å². The fourth-order valence-corrected chi connectivity index (χ4v) is 6.22. The van der Waals surface area contributed by atoms with E-state index >= 15 is 0 Å². The number of hydrogen-bond acceptors (Lipinski definition) is 2. The zero-order chi connectivity index (χ0) is 24.8. The van der Waals surface area contributed by atoms with Gasteiger partial charge in [-0.2, -0.15) is 0 Å². The molecular weight excluding hydrogens is 425 g/mol. The summed E-state index contributed by atoms with van der Waals surface area (Å²) < 4.78 is 12.6. The summed E-state index contributed by atoms with van der Waals surface area (Å²) in [5, 5.41) is -0.589. The largest absolute Gasteiger partial charge is 0.590 e. The van der Waals surface area contributed by atoms with Gasteiger partial charge < -0.3 is 4.89 Å². The van der Waals surface area contributed by atoms with E-state index in [1.54, 1.807) is 0 Å². The van der Waals surface area contributed by atoms with Crippen molar-refractivity contribution in [3.05, 3.63) is 12.2 Å². The molecule has 4 heteroatoms. The van der Waals surface area contributed by atoms with E-state index in [1.165, 1.54) is 109 Å². The van der Waals surface area contributed by atoms with Crippen molar-refractivity contribution in [2.45, 2.75) is 154 Å². The molecule has 3 nitrogen and oxygen atoms in total. The predicted molar refractivity (Wildman–Crippen MR) is 146 cm³/mol. The van der Waals surface area contributed by atoms with Crippen molar-refractivity contribution in [3.63, 3.8) is 0 Å². The minimum atomic E-state index is -2.42. The van der Waals surface area contributed by atoms with Crippen LogP contribution in [0.5, 0.6) is 0 Å². The van der Waals surface area contributed by atoms with Gasteiger partial charge in [0.05, 0.1) is 21.1 Å². The normalized spacial score (nSPS) is 14.7. The zero-order valence-electron chi connectivity index (χ0n) is 23.2. The summed E-state index contributed by atoms with van der Waals surface area (Å²) in [5.41, 5.74) is 0. The zero-order valence-corrected chi connectivity index (χ0v) is 24.1. The maximum Gasteiger partial charge on any atom is 0.376 e. The highest BCUT2D eigenvalue weighted by Crippen LogP contribution is 2.45. The molecular formula is C29H59NO2P+. The highest BCUT2D eigenvalue weighted by Gasteiger charge is 2.53. The van der Waals surface area contributed by atoms with Crippen molar-refractivity contribution in [1.82, 2.24) is 0 Å². The molecule has 2 atom stereocenters. The Bertz CT molecular complexity index is 487. The van der Waals surface area contributed by atoms with E-state index in [2.05, 4.69) is 26.0 Å². The third kappa shape index (κ3) is 16.1. The lowest BCUT2D eigenvalue weighted by Gasteiger charge is -2.39. The van der Waals surface area contributed by atoms with E-state index in [-0.39, 0.29) is 0 Å². The van der Waals surface area contributed by atoms with Crippen LogP contribution in [-0.2, 0) is 4.57 Å². The molecule has 0 fully saturated rings. The summed E-state index contributed by atoms with van der Waals surface area (Å²) in [6, 6.07) is 0. The van der Waals surface area contributed by atoms with Crippen molar-refractivity contribution >= 4 is 8.03 Å². The molecule has 2 unspecified atom stereocenters. The summed E-state index contributed by atoms with van der Waals surface area (Å²) in [6.07, 6.45) is 31.1. The summed E-state index contributed by atoms with van der Waals surface area (Å²) in [6.45, 7) is 4.37. The second-order valence-electron chi connectivity index (χ2n) is 11.1. The maximum atomic E-state index is 12.1. The molecule has 0 aromatic carbocycles. The van der Waals surface area contributed by atoms with Gasteiger partial charge in [-0.3, -0.25) is 4.48 Å². The maximum absolute atomic E-state index is 12.1. The van der Waals surface area contributed by atoms with Crippen molar-refractivity contribution in [1.29, 1.82) is 0 Å². The van der Waals surface area contributed by atoms with Crippen LogP contribution >= 0.6 is 8.03 Å².